The third-order valence-corrected chi connectivity index (χ3v) is 17.9. The van der Waals surface area contributed by atoms with Crippen molar-refractivity contribution in [3.05, 3.63) is 72.8 Å². The number of carboxylic acids is 4. The Morgan fingerprint density at radius 1 is 0.377 bits per heavy atom. The van der Waals surface area contributed by atoms with Crippen LogP contribution in [0.3, 0.4) is 0 Å². The molecule has 4 atom stereocenters. The summed E-state index contributed by atoms with van der Waals surface area (Å²) in [6, 6.07) is 8.10. The van der Waals surface area contributed by atoms with E-state index < -0.39 is 108 Å². The summed E-state index contributed by atoms with van der Waals surface area (Å²) in [5.41, 5.74) is -0.227. The summed E-state index contributed by atoms with van der Waals surface area (Å²) in [4.78, 5) is 79.3. The Hall–Kier alpha value is -7.62. The van der Waals surface area contributed by atoms with Crippen LogP contribution in [0.15, 0.2) is 92.4 Å². The monoisotopic (exact) mass is 1180 g/mol. The second-order valence-electron chi connectivity index (χ2n) is 17.2. The van der Waals surface area contributed by atoms with Crippen molar-refractivity contribution in [2.75, 3.05) is 0 Å². The minimum absolute atomic E-state index is 0. The summed E-state index contributed by atoms with van der Waals surface area (Å²) in [6.45, 7) is 4.43. The number of fused-ring (bicyclic) bond motifs is 20. The van der Waals surface area contributed by atoms with Crippen LogP contribution in [0, 0.1) is 0 Å². The standard InChI is InChI=1S/C44H38N12O16S4.Zn/c1-17(41(57)58)53-73(65,66)21-5-9-25-29(13-21)37-45-33(25)50-38-31-15-23(75(69,70)55-19(3)43(61)62)7-11-27(31)35(47-38)52-40-32-16-24(76(71,72)56-20(4)44(63)64)8-12-28(32)36(48-40)51-39-30-14-22(6-10-26(30)34(46-39)49-37)74(67,68)54-18(2)42(59)60;/h5-20,53-56H,1-4H3,(H,57,58)(H,59,60)(H,61,62)(H,63,64)(H2,45,46,47,48,49,50,51,52);/q;+2. The number of sulfonamides is 4. The maximum atomic E-state index is 13.6. The van der Waals surface area contributed by atoms with Gasteiger partial charge in [0.15, 0.2) is 23.3 Å². The molecule has 0 saturated heterocycles. The van der Waals surface area contributed by atoms with E-state index in [9.17, 15) is 73.3 Å². The maximum Gasteiger partial charge on any atom is 2.00 e. The molecule has 10 N–H and O–H groups in total. The van der Waals surface area contributed by atoms with E-state index in [1.54, 1.807) is 0 Å². The first-order valence-electron chi connectivity index (χ1n) is 21.9. The van der Waals surface area contributed by atoms with Gasteiger partial charge >= 0.3 is 43.4 Å². The van der Waals surface area contributed by atoms with E-state index in [-0.39, 0.29) is 109 Å². The third kappa shape index (κ3) is 10.6. The zero-order valence-electron chi connectivity index (χ0n) is 39.9. The number of H-pyrrole nitrogens is 2. The molecule has 0 fully saturated rings. The number of rotatable bonds is 16. The van der Waals surface area contributed by atoms with Crippen LogP contribution >= 0.6 is 0 Å². The van der Waals surface area contributed by atoms with Crippen molar-refractivity contribution >= 4 is 108 Å². The number of carbonyl (C=O) groups is 4. The molecule has 0 saturated carbocycles. The van der Waals surface area contributed by atoms with E-state index in [0.717, 1.165) is 76.2 Å². The molecule has 0 radical (unpaired) electrons. The molecule has 0 amide bonds. The number of carboxylic acid groups (broad SMARTS) is 4. The quantitative estimate of drug-likeness (QED) is 0.0617. The van der Waals surface area contributed by atoms with Crippen molar-refractivity contribution < 1.29 is 92.8 Å². The topological polar surface area (TPSA) is 443 Å². The number of hydrogen-bond donors (Lipinski definition) is 10. The molecule has 7 aromatic rings. The van der Waals surface area contributed by atoms with Gasteiger partial charge < -0.3 is 30.4 Å². The minimum atomic E-state index is -4.56. The molecule has 33 heteroatoms. The summed E-state index contributed by atoms with van der Waals surface area (Å²) in [6.07, 6.45) is 0. The molecule has 77 heavy (non-hydrogen) atoms. The fraction of sp³-hybridized carbons (Fsp3) is 0.182. The van der Waals surface area contributed by atoms with Crippen LogP contribution in [-0.4, -0.2) is 142 Å². The smallest absolute Gasteiger partial charge is 0.480 e. The van der Waals surface area contributed by atoms with Crippen molar-refractivity contribution in [3.8, 4) is 45.6 Å². The van der Waals surface area contributed by atoms with Crippen LogP contribution in [0.25, 0.3) is 89.7 Å². The Bertz CT molecular complexity index is 4110. The minimum Gasteiger partial charge on any atom is -0.480 e. The average Bonchev–Trinajstić information content (AvgIpc) is 4.08. The number of hydrogen-bond acceptors (Lipinski definition) is 18. The number of nitrogens with zero attached hydrogens (tertiary/aromatic N) is 6. The summed E-state index contributed by atoms with van der Waals surface area (Å²) in [5, 5.41) is 38.3. The summed E-state index contributed by atoms with van der Waals surface area (Å²) in [7, 11) is -18.2. The number of nitrogens with one attached hydrogen (secondary N) is 6. The van der Waals surface area contributed by atoms with Gasteiger partial charge in [-0.25, -0.2) is 63.6 Å². The fourth-order valence-electron chi connectivity index (χ4n) is 7.78. The fourth-order valence-corrected chi connectivity index (χ4v) is 12.7. The van der Waals surface area contributed by atoms with Gasteiger partial charge in [0.25, 0.3) is 0 Å². The van der Waals surface area contributed by atoms with Crippen LogP contribution in [0.2, 0.25) is 0 Å². The number of aliphatic carboxylic acids is 4. The second-order valence-corrected chi connectivity index (χ2v) is 24.0. The molecule has 28 nitrogen and oxygen atoms in total. The van der Waals surface area contributed by atoms with E-state index in [2.05, 4.69) is 38.8 Å². The molecule has 5 heterocycles. The number of aromatic nitrogens is 8. The molecule has 0 aliphatic carbocycles. The molecule has 4 aromatic carbocycles. The van der Waals surface area contributed by atoms with E-state index in [1.165, 1.54) is 24.3 Å². The van der Waals surface area contributed by atoms with Crippen LogP contribution in [0.5, 0.6) is 0 Å². The zero-order chi connectivity index (χ0) is 55.1. The van der Waals surface area contributed by atoms with Crippen molar-refractivity contribution in [2.45, 2.75) is 71.4 Å². The Kier molecular flexibility index (Phi) is 14.5. The first kappa shape index (κ1) is 55.6. The van der Waals surface area contributed by atoms with Gasteiger partial charge in [0, 0.05) is 43.8 Å². The Morgan fingerprint density at radius 2 is 0.623 bits per heavy atom. The van der Waals surface area contributed by atoms with Crippen molar-refractivity contribution in [1.29, 1.82) is 0 Å². The first-order valence-corrected chi connectivity index (χ1v) is 27.9. The number of benzene rings is 4. The molecule has 9 rings (SSSR count). The molecular weight excluding hydrogens is 1150 g/mol. The van der Waals surface area contributed by atoms with Crippen LogP contribution in [0.4, 0.5) is 0 Å². The van der Waals surface area contributed by atoms with E-state index in [1.807, 2.05) is 0 Å². The van der Waals surface area contributed by atoms with Crippen molar-refractivity contribution in [1.82, 2.24) is 58.8 Å². The SMILES string of the molecule is CC(NS(=O)(=O)c1ccc2c(c1)-c1nc-2nc2[nH]c(nc3nc(nc4[nH]c(n1)c1ccc(S(=O)(=O)NC(C)C(=O)O)cc41)-c1ccc(S(=O)(=O)NC(C)C(=O)O)cc1-3)c1ccc(S(=O)(=O)NC(C)C(=O)O)cc21)C(=O)O.[Zn+2]. The molecule has 3 aromatic heterocycles. The zero-order valence-corrected chi connectivity index (χ0v) is 46.2. The molecular formula is C44H38N12O16S4Zn+2. The van der Waals surface area contributed by atoms with Crippen LogP contribution in [-0.2, 0) is 78.7 Å². The molecule has 4 unspecified atom stereocenters. The average molecular weight is 1180 g/mol. The molecule has 394 valence electrons. The van der Waals surface area contributed by atoms with E-state index in [0.29, 0.717) is 0 Å². The molecule has 8 bridgehead atoms. The van der Waals surface area contributed by atoms with Gasteiger partial charge in [0.05, 0.1) is 19.6 Å². The van der Waals surface area contributed by atoms with Crippen LogP contribution < -0.4 is 18.9 Å². The predicted octanol–water partition coefficient (Wildman–Crippen LogP) is 1.87. The van der Waals surface area contributed by atoms with Gasteiger partial charge in [-0.3, -0.25) is 19.2 Å². The Labute approximate surface area is 446 Å². The van der Waals surface area contributed by atoms with E-state index in [4.69, 9.17) is 19.9 Å². The summed E-state index contributed by atoms with van der Waals surface area (Å²) in [5.74, 6) is -6.73. The summed E-state index contributed by atoms with van der Waals surface area (Å²) >= 11 is 0. The normalized spacial score (nSPS) is 14.2. The van der Waals surface area contributed by atoms with Crippen molar-refractivity contribution in [2.24, 2.45) is 0 Å². The van der Waals surface area contributed by atoms with Crippen LogP contribution in [0.1, 0.15) is 27.7 Å². The molecule has 2 aliphatic heterocycles. The van der Waals surface area contributed by atoms with Gasteiger partial charge in [-0.15, -0.1) is 0 Å². The second kappa shape index (κ2) is 20.1. The molecule has 2 aliphatic rings. The van der Waals surface area contributed by atoms with Gasteiger partial charge in [0.2, 0.25) is 40.1 Å². The summed E-state index contributed by atoms with van der Waals surface area (Å²) < 4.78 is 117. The maximum absolute atomic E-state index is 13.6. The molecule has 0 spiro atoms. The van der Waals surface area contributed by atoms with E-state index >= 15 is 0 Å². The van der Waals surface area contributed by atoms with Crippen molar-refractivity contribution in [3.63, 3.8) is 0 Å². The Balaban J connectivity index is 0.00000784. The third-order valence-electron chi connectivity index (χ3n) is 11.8. The predicted molar refractivity (Wildman–Crippen MR) is 266 cm³/mol. The largest absolute Gasteiger partial charge is 2.00 e. The van der Waals surface area contributed by atoms with Gasteiger partial charge in [-0.05, 0) is 100 Å². The van der Waals surface area contributed by atoms with Gasteiger partial charge in [-0.1, -0.05) is 0 Å². The first-order chi connectivity index (χ1) is 35.5. The van der Waals surface area contributed by atoms with Gasteiger partial charge in [-0.2, -0.15) is 18.9 Å². The number of aromatic amines is 2. The Morgan fingerprint density at radius 3 is 0.909 bits per heavy atom. The van der Waals surface area contributed by atoms with Gasteiger partial charge in [0.1, 0.15) is 46.8 Å².